The number of nitrogens with one attached hydrogen (secondary N) is 1. The summed E-state index contributed by atoms with van der Waals surface area (Å²) in [5.74, 6) is 0.466. The van der Waals surface area contributed by atoms with Crippen LogP contribution in [0, 0.1) is 0 Å². The maximum Gasteiger partial charge on any atom is 0.269 e. The highest BCUT2D eigenvalue weighted by Gasteiger charge is 2.22. The lowest BCUT2D eigenvalue weighted by Gasteiger charge is -2.34. The van der Waals surface area contributed by atoms with Crippen LogP contribution in [-0.4, -0.2) is 73.0 Å². The number of ether oxygens (including phenoxy) is 1. The van der Waals surface area contributed by atoms with E-state index in [1.165, 1.54) is 6.20 Å². The van der Waals surface area contributed by atoms with Crippen LogP contribution < -0.4 is 10.1 Å². The Kier molecular flexibility index (Phi) is 7.19. The maximum atomic E-state index is 12.8. The fourth-order valence-electron chi connectivity index (χ4n) is 3.38. The lowest BCUT2D eigenvalue weighted by atomic mass is 10.1. The number of methoxy groups -OCH3 is 1. The molecule has 1 saturated heterocycles. The number of hydrogen-bond acceptors (Lipinski definition) is 5. The number of carbonyl (C=O) groups is 2. The fraction of sp³-hybridized carbons (Fsp3) is 0.409. The van der Waals surface area contributed by atoms with Crippen molar-refractivity contribution in [3.63, 3.8) is 0 Å². The van der Waals surface area contributed by atoms with Crippen LogP contribution in [0.15, 0.2) is 42.6 Å². The van der Waals surface area contributed by atoms with Gasteiger partial charge in [0.1, 0.15) is 11.4 Å². The van der Waals surface area contributed by atoms with Gasteiger partial charge in [-0.15, -0.1) is 0 Å². The number of hydrogen-bond donors (Lipinski definition) is 1. The van der Waals surface area contributed by atoms with Crippen LogP contribution in [0.2, 0.25) is 0 Å². The molecule has 1 aliphatic rings. The summed E-state index contributed by atoms with van der Waals surface area (Å²) in [7, 11) is 1.63. The molecule has 7 heteroatoms. The van der Waals surface area contributed by atoms with Crippen molar-refractivity contribution in [1.29, 1.82) is 0 Å². The molecule has 2 amide bonds. The maximum absolute atomic E-state index is 12.8. The van der Waals surface area contributed by atoms with Crippen LogP contribution in [0.4, 0.5) is 0 Å². The molecule has 1 N–H and O–H groups in total. The third-order valence-corrected chi connectivity index (χ3v) is 5.18. The molecule has 3 rings (SSSR count). The molecule has 1 fully saturated rings. The summed E-state index contributed by atoms with van der Waals surface area (Å²) in [4.78, 5) is 33.5. The lowest BCUT2D eigenvalue weighted by molar-refractivity contribution is 0.0643. The number of benzene rings is 1. The molecule has 0 radical (unpaired) electrons. The topological polar surface area (TPSA) is 74.8 Å². The average Bonchev–Trinajstić information content (AvgIpc) is 2.78. The second kappa shape index (κ2) is 10.0. The molecule has 7 nitrogen and oxygen atoms in total. The first kappa shape index (κ1) is 20.8. The molecule has 0 aliphatic carbocycles. The zero-order valence-corrected chi connectivity index (χ0v) is 17.1. The van der Waals surface area contributed by atoms with Crippen LogP contribution in [-0.2, 0) is 6.42 Å². The molecular formula is C22H28N4O3. The largest absolute Gasteiger partial charge is 0.497 e. The highest BCUT2D eigenvalue weighted by atomic mass is 16.5. The van der Waals surface area contributed by atoms with E-state index < -0.39 is 0 Å². The molecule has 1 aromatic heterocycles. The first-order valence-electron chi connectivity index (χ1n) is 9.99. The van der Waals surface area contributed by atoms with Gasteiger partial charge in [-0.1, -0.05) is 19.1 Å². The van der Waals surface area contributed by atoms with Crippen molar-refractivity contribution in [3.05, 3.63) is 59.4 Å². The molecule has 0 atom stereocenters. The van der Waals surface area contributed by atoms with E-state index in [4.69, 9.17) is 4.74 Å². The van der Waals surface area contributed by atoms with Crippen LogP contribution in [0.5, 0.6) is 5.75 Å². The molecule has 0 spiro atoms. The molecule has 2 heterocycles. The van der Waals surface area contributed by atoms with Gasteiger partial charge in [0.05, 0.1) is 7.11 Å². The molecule has 154 valence electrons. The van der Waals surface area contributed by atoms with Gasteiger partial charge in [0.25, 0.3) is 11.8 Å². The van der Waals surface area contributed by atoms with Crippen molar-refractivity contribution in [2.45, 2.75) is 13.3 Å². The summed E-state index contributed by atoms with van der Waals surface area (Å²) in [6, 6.07) is 11.0. The fourth-order valence-corrected chi connectivity index (χ4v) is 3.38. The first-order valence-corrected chi connectivity index (χ1v) is 9.99. The number of nitrogens with zero attached hydrogens (tertiary/aromatic N) is 3. The Labute approximate surface area is 171 Å². The van der Waals surface area contributed by atoms with Crippen LogP contribution in [0.3, 0.4) is 0 Å². The van der Waals surface area contributed by atoms with Gasteiger partial charge in [-0.3, -0.25) is 14.6 Å². The zero-order valence-electron chi connectivity index (χ0n) is 17.1. The molecule has 1 aliphatic heterocycles. The van der Waals surface area contributed by atoms with Crippen LogP contribution >= 0.6 is 0 Å². The van der Waals surface area contributed by atoms with Gasteiger partial charge in [0.2, 0.25) is 0 Å². The average molecular weight is 396 g/mol. The van der Waals surface area contributed by atoms with E-state index in [9.17, 15) is 9.59 Å². The number of likely N-dealkylation sites (N-methyl/N-ethyl adjacent to an activating group) is 1. The molecule has 29 heavy (non-hydrogen) atoms. The van der Waals surface area contributed by atoms with Crippen molar-refractivity contribution in [2.75, 3.05) is 46.4 Å². The van der Waals surface area contributed by atoms with Crippen molar-refractivity contribution in [1.82, 2.24) is 20.1 Å². The quantitative estimate of drug-likeness (QED) is 0.773. The van der Waals surface area contributed by atoms with Gasteiger partial charge < -0.3 is 19.9 Å². The molecule has 0 unspecified atom stereocenters. The van der Waals surface area contributed by atoms with Gasteiger partial charge >= 0.3 is 0 Å². The van der Waals surface area contributed by atoms with Crippen molar-refractivity contribution in [3.8, 4) is 5.75 Å². The minimum absolute atomic E-state index is 0.0476. The minimum Gasteiger partial charge on any atom is -0.497 e. The molecule has 1 aromatic carbocycles. The predicted molar refractivity (Wildman–Crippen MR) is 111 cm³/mol. The van der Waals surface area contributed by atoms with Gasteiger partial charge in [0.15, 0.2) is 0 Å². The second-order valence-corrected chi connectivity index (χ2v) is 7.01. The smallest absolute Gasteiger partial charge is 0.269 e. The third kappa shape index (κ3) is 5.54. The Morgan fingerprint density at radius 1 is 1.14 bits per heavy atom. The highest BCUT2D eigenvalue weighted by Crippen LogP contribution is 2.13. The van der Waals surface area contributed by atoms with E-state index in [2.05, 4.69) is 22.1 Å². The van der Waals surface area contributed by atoms with E-state index in [0.717, 1.165) is 30.9 Å². The Morgan fingerprint density at radius 3 is 2.66 bits per heavy atom. The standard InChI is InChI=1S/C22H28N4O3/c1-3-25-11-13-26(14-12-25)22(28)18-8-10-23-20(16-18)21(27)24-9-7-17-5-4-6-19(15-17)29-2/h4-6,8,10,15-16H,3,7,9,11-14H2,1-2H3,(H,24,27). The monoisotopic (exact) mass is 396 g/mol. The minimum atomic E-state index is -0.279. The van der Waals surface area contributed by atoms with Crippen molar-refractivity contribution >= 4 is 11.8 Å². The van der Waals surface area contributed by atoms with Gasteiger partial charge in [-0.2, -0.15) is 0 Å². The van der Waals surface area contributed by atoms with Crippen molar-refractivity contribution in [2.24, 2.45) is 0 Å². The summed E-state index contributed by atoms with van der Waals surface area (Å²) >= 11 is 0. The zero-order chi connectivity index (χ0) is 20.6. The Bertz CT molecular complexity index is 847. The van der Waals surface area contributed by atoms with Crippen LogP contribution in [0.25, 0.3) is 0 Å². The highest BCUT2D eigenvalue weighted by molar-refractivity contribution is 5.98. The van der Waals surface area contributed by atoms with Gasteiger partial charge in [0, 0.05) is 44.5 Å². The molecule has 0 bridgehead atoms. The SMILES string of the molecule is CCN1CCN(C(=O)c2ccnc(C(=O)NCCc3cccc(OC)c3)c2)CC1. The number of piperazine rings is 1. The summed E-state index contributed by atoms with van der Waals surface area (Å²) in [6.45, 7) is 6.77. The summed E-state index contributed by atoms with van der Waals surface area (Å²) in [5.41, 5.74) is 1.84. The lowest BCUT2D eigenvalue weighted by Crippen LogP contribution is -2.48. The van der Waals surface area contributed by atoms with E-state index in [0.29, 0.717) is 31.6 Å². The Hall–Kier alpha value is -2.93. The van der Waals surface area contributed by atoms with E-state index >= 15 is 0 Å². The van der Waals surface area contributed by atoms with E-state index in [1.54, 1.807) is 19.2 Å². The normalized spacial score (nSPS) is 14.5. The Morgan fingerprint density at radius 2 is 1.93 bits per heavy atom. The Balaban J connectivity index is 1.55. The van der Waals surface area contributed by atoms with Crippen molar-refractivity contribution < 1.29 is 14.3 Å². The van der Waals surface area contributed by atoms with E-state index in [-0.39, 0.29) is 17.5 Å². The number of amides is 2. The number of pyridine rings is 1. The molecule has 2 aromatic rings. The van der Waals surface area contributed by atoms with Gasteiger partial charge in [-0.05, 0) is 42.8 Å². The summed E-state index contributed by atoms with van der Waals surface area (Å²) < 4.78 is 5.21. The number of rotatable bonds is 7. The summed E-state index contributed by atoms with van der Waals surface area (Å²) in [5, 5.41) is 2.87. The molecular weight excluding hydrogens is 368 g/mol. The predicted octanol–water partition coefficient (Wildman–Crippen LogP) is 1.84. The first-order chi connectivity index (χ1) is 14.1. The third-order valence-electron chi connectivity index (χ3n) is 5.18. The second-order valence-electron chi connectivity index (χ2n) is 7.01. The number of aromatic nitrogens is 1. The summed E-state index contributed by atoms with van der Waals surface area (Å²) in [6.07, 6.45) is 2.20. The van der Waals surface area contributed by atoms with Crippen LogP contribution in [0.1, 0.15) is 33.3 Å². The number of carbonyl (C=O) groups excluding carboxylic acids is 2. The molecule has 0 saturated carbocycles. The van der Waals surface area contributed by atoms with Gasteiger partial charge in [-0.25, -0.2) is 0 Å². The van der Waals surface area contributed by atoms with E-state index in [1.807, 2.05) is 29.2 Å².